The van der Waals surface area contributed by atoms with Gasteiger partial charge in [-0.1, -0.05) is 30.3 Å². The predicted octanol–water partition coefficient (Wildman–Crippen LogP) is 1.16. The van der Waals surface area contributed by atoms with Crippen molar-refractivity contribution in [3.05, 3.63) is 35.9 Å². The first-order valence-electron chi connectivity index (χ1n) is 8.29. The zero-order valence-electron chi connectivity index (χ0n) is 13.0. The van der Waals surface area contributed by atoms with Crippen LogP contribution < -0.4 is 5.32 Å². The van der Waals surface area contributed by atoms with Gasteiger partial charge in [0, 0.05) is 45.8 Å². The van der Waals surface area contributed by atoms with Crippen LogP contribution in [-0.4, -0.2) is 65.8 Å². The molecule has 0 spiro atoms. The van der Waals surface area contributed by atoms with Gasteiger partial charge in [-0.05, 0) is 18.9 Å². The fourth-order valence-corrected chi connectivity index (χ4v) is 4.48. The van der Waals surface area contributed by atoms with Crippen molar-refractivity contribution >= 4 is 0 Å². The molecule has 0 amide bonds. The summed E-state index contributed by atoms with van der Waals surface area (Å²) in [6.07, 6.45) is 1.86. The minimum Gasteiger partial charge on any atom is -0.296 e. The Morgan fingerprint density at radius 3 is 2.62 bits per heavy atom. The molecule has 3 fully saturated rings. The smallest absolute Gasteiger partial charge is 0.0985 e. The van der Waals surface area contributed by atoms with Crippen LogP contribution in [0.1, 0.15) is 18.9 Å². The molecule has 3 aliphatic rings. The lowest BCUT2D eigenvalue weighted by atomic mass is 9.94. The molecule has 0 aromatic heterocycles. The van der Waals surface area contributed by atoms with Crippen LogP contribution >= 0.6 is 0 Å². The molecule has 4 nitrogen and oxygen atoms in total. The fraction of sp³-hybridized carbons (Fsp3) is 0.647. The second kappa shape index (κ2) is 5.36. The van der Waals surface area contributed by atoms with E-state index in [1.165, 1.54) is 38.2 Å². The number of benzene rings is 1. The molecule has 3 aliphatic heterocycles. The first-order valence-corrected chi connectivity index (χ1v) is 8.29. The summed E-state index contributed by atoms with van der Waals surface area (Å²) in [5.74, 6) is 0. The van der Waals surface area contributed by atoms with Crippen LogP contribution in [0.3, 0.4) is 0 Å². The zero-order valence-corrected chi connectivity index (χ0v) is 13.0. The number of nitrogens with one attached hydrogen (secondary N) is 1. The van der Waals surface area contributed by atoms with E-state index in [4.69, 9.17) is 0 Å². The summed E-state index contributed by atoms with van der Waals surface area (Å²) >= 11 is 0. The summed E-state index contributed by atoms with van der Waals surface area (Å²) in [5, 5.41) is 3.84. The summed E-state index contributed by atoms with van der Waals surface area (Å²) < 4.78 is 0. The molecule has 114 valence electrons. The Hall–Kier alpha value is -0.940. The maximum absolute atomic E-state index is 3.84. The Balaban J connectivity index is 1.60. The van der Waals surface area contributed by atoms with Crippen LogP contribution in [0.2, 0.25) is 0 Å². The molecule has 2 unspecified atom stereocenters. The molecule has 3 saturated heterocycles. The van der Waals surface area contributed by atoms with Crippen molar-refractivity contribution in [2.45, 2.75) is 31.7 Å². The topological polar surface area (TPSA) is 21.8 Å². The Labute approximate surface area is 127 Å². The highest BCUT2D eigenvalue weighted by molar-refractivity contribution is 5.16. The van der Waals surface area contributed by atoms with Crippen molar-refractivity contribution in [3.63, 3.8) is 0 Å². The van der Waals surface area contributed by atoms with Crippen LogP contribution in [0, 0.1) is 0 Å². The highest BCUT2D eigenvalue weighted by Crippen LogP contribution is 2.34. The third kappa shape index (κ3) is 2.30. The fourth-order valence-electron chi connectivity index (χ4n) is 4.48. The van der Waals surface area contributed by atoms with E-state index in [2.05, 4.69) is 57.3 Å². The molecular formula is C17H26N4. The normalized spacial score (nSPS) is 34.6. The number of piperazine rings is 2. The van der Waals surface area contributed by atoms with Crippen LogP contribution in [-0.2, 0) is 6.54 Å². The van der Waals surface area contributed by atoms with Gasteiger partial charge in [-0.15, -0.1) is 0 Å². The minimum absolute atomic E-state index is 0.0762. The van der Waals surface area contributed by atoms with Gasteiger partial charge in [-0.25, -0.2) is 0 Å². The van der Waals surface area contributed by atoms with Crippen molar-refractivity contribution in [2.24, 2.45) is 0 Å². The molecule has 1 aromatic carbocycles. The lowest BCUT2D eigenvalue weighted by molar-refractivity contribution is -0.166. The van der Waals surface area contributed by atoms with Gasteiger partial charge in [0.1, 0.15) is 0 Å². The molecule has 0 radical (unpaired) electrons. The van der Waals surface area contributed by atoms with E-state index in [9.17, 15) is 0 Å². The van der Waals surface area contributed by atoms with Crippen molar-refractivity contribution in [1.29, 1.82) is 0 Å². The van der Waals surface area contributed by atoms with E-state index in [1.807, 2.05) is 0 Å². The summed E-state index contributed by atoms with van der Waals surface area (Å²) in [5.41, 5.74) is 1.49. The summed E-state index contributed by atoms with van der Waals surface area (Å²) in [6.45, 7) is 10.6. The van der Waals surface area contributed by atoms with Crippen molar-refractivity contribution in [1.82, 2.24) is 20.0 Å². The maximum atomic E-state index is 3.84. The van der Waals surface area contributed by atoms with E-state index in [0.29, 0.717) is 6.17 Å². The molecular weight excluding hydrogens is 260 g/mol. The SMILES string of the molecule is CC12NCCN3CCCN(CCN1Cc1ccccc1)C32. The standard InChI is InChI=1S/C17H26N4/c1-17-16-19(11-8-18-17)9-5-10-20(16)12-13-21(17)14-15-6-3-2-4-7-15/h2-4,6-7,16,18H,5,8-14H2,1H3. The van der Waals surface area contributed by atoms with Gasteiger partial charge >= 0.3 is 0 Å². The number of hydrogen-bond donors (Lipinski definition) is 1. The van der Waals surface area contributed by atoms with E-state index < -0.39 is 0 Å². The summed E-state index contributed by atoms with van der Waals surface area (Å²) in [7, 11) is 0. The largest absolute Gasteiger partial charge is 0.296 e. The van der Waals surface area contributed by atoms with Crippen molar-refractivity contribution < 1.29 is 0 Å². The van der Waals surface area contributed by atoms with Crippen LogP contribution in [0.25, 0.3) is 0 Å². The molecule has 0 saturated carbocycles. The Morgan fingerprint density at radius 2 is 1.81 bits per heavy atom. The monoisotopic (exact) mass is 286 g/mol. The predicted molar refractivity (Wildman–Crippen MR) is 84.8 cm³/mol. The average Bonchev–Trinajstić information content (AvgIpc) is 2.52. The van der Waals surface area contributed by atoms with Gasteiger partial charge in [0.25, 0.3) is 0 Å². The number of hydrogen-bond acceptors (Lipinski definition) is 4. The zero-order chi connectivity index (χ0) is 14.3. The van der Waals surface area contributed by atoms with E-state index in [0.717, 1.165) is 19.6 Å². The van der Waals surface area contributed by atoms with Crippen LogP contribution in [0.15, 0.2) is 30.3 Å². The van der Waals surface area contributed by atoms with Gasteiger partial charge in [-0.3, -0.25) is 20.0 Å². The average molecular weight is 286 g/mol. The quantitative estimate of drug-likeness (QED) is 0.880. The van der Waals surface area contributed by atoms with Gasteiger partial charge in [0.05, 0.1) is 11.8 Å². The Kier molecular flexibility index (Phi) is 3.50. The minimum atomic E-state index is 0.0762. The number of rotatable bonds is 2. The van der Waals surface area contributed by atoms with Crippen molar-refractivity contribution in [2.75, 3.05) is 39.3 Å². The van der Waals surface area contributed by atoms with Gasteiger partial charge in [0.15, 0.2) is 0 Å². The second-order valence-corrected chi connectivity index (χ2v) is 6.78. The molecule has 0 aliphatic carbocycles. The molecule has 1 N–H and O–H groups in total. The molecule has 4 rings (SSSR count). The number of nitrogens with zero attached hydrogens (tertiary/aromatic N) is 3. The highest BCUT2D eigenvalue weighted by atomic mass is 15.5. The lowest BCUT2D eigenvalue weighted by Gasteiger charge is -2.62. The maximum Gasteiger partial charge on any atom is 0.0985 e. The van der Waals surface area contributed by atoms with E-state index in [-0.39, 0.29) is 5.66 Å². The molecule has 2 atom stereocenters. The highest BCUT2D eigenvalue weighted by Gasteiger charge is 2.51. The first-order chi connectivity index (χ1) is 10.3. The van der Waals surface area contributed by atoms with E-state index >= 15 is 0 Å². The first kappa shape index (κ1) is 13.7. The molecule has 4 heteroatoms. The van der Waals surface area contributed by atoms with Gasteiger partial charge < -0.3 is 0 Å². The second-order valence-electron chi connectivity index (χ2n) is 6.78. The molecule has 3 heterocycles. The van der Waals surface area contributed by atoms with Crippen LogP contribution in [0.4, 0.5) is 0 Å². The van der Waals surface area contributed by atoms with Gasteiger partial charge in [0.2, 0.25) is 0 Å². The lowest BCUT2D eigenvalue weighted by Crippen LogP contribution is -2.81. The summed E-state index contributed by atoms with van der Waals surface area (Å²) in [6, 6.07) is 10.9. The third-order valence-electron chi connectivity index (χ3n) is 5.50. The van der Waals surface area contributed by atoms with Crippen molar-refractivity contribution in [3.8, 4) is 0 Å². The Morgan fingerprint density at radius 1 is 1.05 bits per heavy atom. The summed E-state index contributed by atoms with van der Waals surface area (Å²) in [4.78, 5) is 8.04. The molecule has 21 heavy (non-hydrogen) atoms. The Bertz CT molecular complexity index is 482. The molecule has 1 aromatic rings. The van der Waals surface area contributed by atoms with E-state index in [1.54, 1.807) is 0 Å². The van der Waals surface area contributed by atoms with Gasteiger partial charge in [-0.2, -0.15) is 0 Å². The third-order valence-corrected chi connectivity index (χ3v) is 5.50. The van der Waals surface area contributed by atoms with Crippen LogP contribution in [0.5, 0.6) is 0 Å². The molecule has 0 bridgehead atoms.